The minimum atomic E-state index is 0.882. The molecule has 0 atom stereocenters. The first-order valence-corrected chi connectivity index (χ1v) is 6.89. The van der Waals surface area contributed by atoms with E-state index in [1.165, 1.54) is 11.3 Å². The summed E-state index contributed by atoms with van der Waals surface area (Å²) in [5.74, 6) is 0.901. The van der Waals surface area contributed by atoms with E-state index >= 15 is 0 Å². The third kappa shape index (κ3) is 4.28. The molecule has 0 saturated carbocycles. The predicted molar refractivity (Wildman–Crippen MR) is 84.4 cm³/mol. The monoisotopic (exact) mass is 270 g/mol. The van der Waals surface area contributed by atoms with Crippen molar-refractivity contribution in [2.24, 2.45) is 0 Å². The van der Waals surface area contributed by atoms with Crippen LogP contribution in [0.1, 0.15) is 5.56 Å². The van der Waals surface area contributed by atoms with Crippen molar-refractivity contribution >= 4 is 5.69 Å². The molecule has 106 valence electrons. The summed E-state index contributed by atoms with van der Waals surface area (Å²) in [5, 5.41) is 3.46. The van der Waals surface area contributed by atoms with Crippen molar-refractivity contribution in [1.82, 2.24) is 5.32 Å². The van der Waals surface area contributed by atoms with Crippen LogP contribution in [0.15, 0.2) is 54.6 Å². The Labute approximate surface area is 121 Å². The molecule has 20 heavy (non-hydrogen) atoms. The Bertz CT molecular complexity index is 496. The average molecular weight is 270 g/mol. The zero-order valence-electron chi connectivity index (χ0n) is 12.2. The third-order valence-electron chi connectivity index (χ3n) is 3.31. The lowest BCUT2D eigenvalue weighted by atomic mass is 10.2. The Balaban J connectivity index is 1.70. The minimum Gasteiger partial charge on any atom is -0.497 e. The molecule has 0 radical (unpaired) electrons. The zero-order valence-corrected chi connectivity index (χ0v) is 12.2. The Kier molecular flexibility index (Phi) is 5.44. The van der Waals surface area contributed by atoms with Crippen LogP contribution in [-0.2, 0) is 6.54 Å². The molecular weight excluding hydrogens is 248 g/mol. The second-order valence-corrected chi connectivity index (χ2v) is 4.78. The van der Waals surface area contributed by atoms with Gasteiger partial charge in [-0.3, -0.25) is 0 Å². The largest absolute Gasteiger partial charge is 0.497 e. The maximum absolute atomic E-state index is 5.15. The lowest BCUT2D eigenvalue weighted by Gasteiger charge is -2.19. The fourth-order valence-corrected chi connectivity index (χ4v) is 2.03. The van der Waals surface area contributed by atoms with Gasteiger partial charge in [-0.05, 0) is 29.8 Å². The highest BCUT2D eigenvalue weighted by Crippen LogP contribution is 2.11. The predicted octanol–water partition coefficient (Wildman–Crippen LogP) is 2.92. The van der Waals surface area contributed by atoms with E-state index in [0.717, 1.165) is 25.4 Å². The summed E-state index contributed by atoms with van der Waals surface area (Å²) < 4.78 is 5.15. The lowest BCUT2D eigenvalue weighted by Crippen LogP contribution is -2.28. The van der Waals surface area contributed by atoms with Crippen molar-refractivity contribution in [2.45, 2.75) is 6.54 Å². The summed E-state index contributed by atoms with van der Waals surface area (Å²) in [5.41, 5.74) is 2.52. The Hall–Kier alpha value is -2.00. The van der Waals surface area contributed by atoms with Gasteiger partial charge < -0.3 is 15.0 Å². The highest BCUT2D eigenvalue weighted by atomic mass is 16.5. The van der Waals surface area contributed by atoms with Gasteiger partial charge in [-0.2, -0.15) is 0 Å². The van der Waals surface area contributed by atoms with E-state index in [-0.39, 0.29) is 0 Å². The molecule has 0 aromatic heterocycles. The van der Waals surface area contributed by atoms with E-state index < -0.39 is 0 Å². The minimum absolute atomic E-state index is 0.882. The van der Waals surface area contributed by atoms with Crippen molar-refractivity contribution in [1.29, 1.82) is 0 Å². The molecule has 0 saturated heterocycles. The molecule has 0 aliphatic rings. The van der Waals surface area contributed by atoms with Crippen LogP contribution in [0.25, 0.3) is 0 Å². The van der Waals surface area contributed by atoms with Crippen molar-refractivity contribution in [2.75, 3.05) is 32.1 Å². The number of nitrogens with zero attached hydrogens (tertiary/aromatic N) is 1. The lowest BCUT2D eigenvalue weighted by molar-refractivity contribution is 0.414. The van der Waals surface area contributed by atoms with E-state index in [9.17, 15) is 0 Å². The molecule has 3 heteroatoms. The molecule has 3 nitrogen and oxygen atoms in total. The van der Waals surface area contributed by atoms with Gasteiger partial charge in [0.05, 0.1) is 7.11 Å². The number of anilines is 1. The van der Waals surface area contributed by atoms with Crippen molar-refractivity contribution in [3.63, 3.8) is 0 Å². The van der Waals surface area contributed by atoms with Crippen LogP contribution < -0.4 is 15.0 Å². The Morgan fingerprint density at radius 2 is 1.70 bits per heavy atom. The topological polar surface area (TPSA) is 24.5 Å². The molecule has 0 unspecified atom stereocenters. The molecule has 2 aromatic rings. The van der Waals surface area contributed by atoms with Crippen LogP contribution in [0.2, 0.25) is 0 Å². The highest BCUT2D eigenvalue weighted by molar-refractivity contribution is 5.44. The smallest absolute Gasteiger partial charge is 0.118 e. The molecule has 0 amide bonds. The SMILES string of the molecule is COc1ccc(CNCCN(C)c2ccccc2)cc1. The third-order valence-corrected chi connectivity index (χ3v) is 3.31. The van der Waals surface area contributed by atoms with Crippen molar-refractivity contribution in [3.05, 3.63) is 60.2 Å². The zero-order chi connectivity index (χ0) is 14.2. The number of methoxy groups -OCH3 is 1. The van der Waals surface area contributed by atoms with E-state index in [1.807, 2.05) is 18.2 Å². The summed E-state index contributed by atoms with van der Waals surface area (Å²) in [6, 6.07) is 18.6. The van der Waals surface area contributed by atoms with Gasteiger partial charge in [0.15, 0.2) is 0 Å². The summed E-state index contributed by atoms with van der Waals surface area (Å²) >= 11 is 0. The number of nitrogens with one attached hydrogen (secondary N) is 1. The van der Waals surface area contributed by atoms with Gasteiger partial charge in [-0.1, -0.05) is 30.3 Å². The molecule has 0 aliphatic carbocycles. The van der Waals surface area contributed by atoms with Crippen LogP contribution in [-0.4, -0.2) is 27.2 Å². The van der Waals surface area contributed by atoms with E-state index in [0.29, 0.717) is 0 Å². The standard InChI is InChI=1S/C17H22N2O/c1-19(16-6-4-3-5-7-16)13-12-18-14-15-8-10-17(20-2)11-9-15/h3-11,18H,12-14H2,1-2H3. The Morgan fingerprint density at radius 1 is 1.00 bits per heavy atom. The summed E-state index contributed by atoms with van der Waals surface area (Å²) in [6.07, 6.45) is 0. The first-order chi connectivity index (χ1) is 9.79. The number of hydrogen-bond donors (Lipinski definition) is 1. The van der Waals surface area contributed by atoms with Crippen LogP contribution in [0.3, 0.4) is 0 Å². The maximum atomic E-state index is 5.15. The molecule has 0 aliphatic heterocycles. The first-order valence-electron chi connectivity index (χ1n) is 6.89. The summed E-state index contributed by atoms with van der Waals surface area (Å²) in [4.78, 5) is 2.25. The molecule has 0 bridgehead atoms. The van der Waals surface area contributed by atoms with Gasteiger partial charge in [0.25, 0.3) is 0 Å². The maximum Gasteiger partial charge on any atom is 0.118 e. The summed E-state index contributed by atoms with van der Waals surface area (Å²) in [6.45, 7) is 2.82. The van der Waals surface area contributed by atoms with Crippen molar-refractivity contribution in [3.8, 4) is 5.75 Å². The molecule has 2 rings (SSSR count). The van der Waals surface area contributed by atoms with E-state index in [1.54, 1.807) is 7.11 Å². The van der Waals surface area contributed by atoms with Gasteiger partial charge in [0.1, 0.15) is 5.75 Å². The fourth-order valence-electron chi connectivity index (χ4n) is 2.03. The number of para-hydroxylation sites is 1. The van der Waals surface area contributed by atoms with Crippen LogP contribution in [0.4, 0.5) is 5.69 Å². The number of likely N-dealkylation sites (N-methyl/N-ethyl adjacent to an activating group) is 1. The normalized spacial score (nSPS) is 10.3. The van der Waals surface area contributed by atoms with Gasteiger partial charge in [0, 0.05) is 32.4 Å². The first kappa shape index (κ1) is 14.4. The fraction of sp³-hybridized carbons (Fsp3) is 0.294. The molecule has 0 heterocycles. The number of ether oxygens (including phenoxy) is 1. The number of hydrogen-bond acceptors (Lipinski definition) is 3. The van der Waals surface area contributed by atoms with E-state index in [2.05, 4.69) is 53.7 Å². The highest BCUT2D eigenvalue weighted by Gasteiger charge is 1.99. The van der Waals surface area contributed by atoms with Crippen LogP contribution >= 0.6 is 0 Å². The summed E-state index contributed by atoms with van der Waals surface area (Å²) in [7, 11) is 3.80. The van der Waals surface area contributed by atoms with E-state index in [4.69, 9.17) is 4.74 Å². The average Bonchev–Trinajstić information content (AvgIpc) is 2.53. The number of rotatable bonds is 7. The van der Waals surface area contributed by atoms with Crippen LogP contribution in [0.5, 0.6) is 5.75 Å². The van der Waals surface area contributed by atoms with Crippen LogP contribution in [0, 0.1) is 0 Å². The van der Waals surface area contributed by atoms with Gasteiger partial charge in [-0.25, -0.2) is 0 Å². The van der Waals surface area contributed by atoms with Crippen molar-refractivity contribution < 1.29 is 4.74 Å². The van der Waals surface area contributed by atoms with Gasteiger partial charge in [-0.15, -0.1) is 0 Å². The van der Waals surface area contributed by atoms with Gasteiger partial charge in [0.2, 0.25) is 0 Å². The molecular formula is C17H22N2O. The second-order valence-electron chi connectivity index (χ2n) is 4.78. The molecule has 2 aromatic carbocycles. The molecule has 0 spiro atoms. The Morgan fingerprint density at radius 3 is 2.35 bits per heavy atom. The molecule has 0 fully saturated rings. The second kappa shape index (κ2) is 7.56. The molecule has 1 N–H and O–H groups in total. The number of benzene rings is 2. The quantitative estimate of drug-likeness (QED) is 0.783. The van der Waals surface area contributed by atoms with Gasteiger partial charge >= 0.3 is 0 Å².